The molecule has 0 spiro atoms. The predicted molar refractivity (Wildman–Crippen MR) is 93.5 cm³/mol. The third kappa shape index (κ3) is 4.42. The molecule has 25 heavy (non-hydrogen) atoms. The molecule has 130 valence electrons. The fourth-order valence-corrected chi connectivity index (χ4v) is 2.94. The summed E-state index contributed by atoms with van der Waals surface area (Å²) >= 11 is 1.38. The van der Waals surface area contributed by atoms with E-state index in [2.05, 4.69) is 10.2 Å². The van der Waals surface area contributed by atoms with Gasteiger partial charge in [-0.2, -0.15) is 0 Å². The lowest BCUT2D eigenvalue weighted by Crippen LogP contribution is -2.15. The number of thioether (sulfide) groups is 1. The molecular formula is C17H17FN4O2S. The second-order valence-corrected chi connectivity index (χ2v) is 6.10. The summed E-state index contributed by atoms with van der Waals surface area (Å²) in [6.07, 6.45) is 0. The van der Waals surface area contributed by atoms with Crippen LogP contribution in [0.15, 0.2) is 53.7 Å². The third-order valence-corrected chi connectivity index (χ3v) is 4.42. The molecule has 0 radical (unpaired) electrons. The summed E-state index contributed by atoms with van der Waals surface area (Å²) in [4.78, 5) is 0. The van der Waals surface area contributed by atoms with Crippen LogP contribution in [0.5, 0.6) is 11.5 Å². The SMILES string of the molecule is COc1cccc(OCc2nnc(SCc3cccc(F)c3)n2N)c1. The number of benzene rings is 2. The highest BCUT2D eigenvalue weighted by Gasteiger charge is 2.11. The molecule has 0 fully saturated rings. The Hall–Kier alpha value is -2.74. The monoisotopic (exact) mass is 360 g/mol. The van der Waals surface area contributed by atoms with Gasteiger partial charge in [-0.25, -0.2) is 9.07 Å². The third-order valence-electron chi connectivity index (χ3n) is 3.40. The number of rotatable bonds is 7. The van der Waals surface area contributed by atoms with Crippen LogP contribution in [-0.4, -0.2) is 22.0 Å². The van der Waals surface area contributed by atoms with Crippen molar-refractivity contribution in [3.63, 3.8) is 0 Å². The molecular weight excluding hydrogens is 343 g/mol. The quantitative estimate of drug-likeness (QED) is 0.516. The zero-order chi connectivity index (χ0) is 17.6. The van der Waals surface area contributed by atoms with Crippen LogP contribution in [0.25, 0.3) is 0 Å². The van der Waals surface area contributed by atoms with Crippen molar-refractivity contribution in [2.75, 3.05) is 13.0 Å². The van der Waals surface area contributed by atoms with Crippen molar-refractivity contribution < 1.29 is 13.9 Å². The van der Waals surface area contributed by atoms with Gasteiger partial charge >= 0.3 is 0 Å². The lowest BCUT2D eigenvalue weighted by Gasteiger charge is -2.07. The second kappa shape index (κ2) is 7.89. The molecule has 0 unspecified atom stereocenters. The van der Waals surface area contributed by atoms with E-state index in [0.29, 0.717) is 28.2 Å². The van der Waals surface area contributed by atoms with E-state index < -0.39 is 0 Å². The number of nitrogen functional groups attached to an aromatic ring is 1. The Bertz CT molecular complexity index is 856. The van der Waals surface area contributed by atoms with E-state index >= 15 is 0 Å². The van der Waals surface area contributed by atoms with Crippen molar-refractivity contribution in [2.45, 2.75) is 17.5 Å². The number of aromatic nitrogens is 3. The van der Waals surface area contributed by atoms with Gasteiger partial charge in [0, 0.05) is 11.8 Å². The maximum atomic E-state index is 13.2. The zero-order valence-electron chi connectivity index (χ0n) is 13.6. The highest BCUT2D eigenvalue weighted by Crippen LogP contribution is 2.22. The lowest BCUT2D eigenvalue weighted by atomic mass is 10.2. The molecule has 0 amide bonds. The Morgan fingerprint density at radius 1 is 1.12 bits per heavy atom. The first-order valence-electron chi connectivity index (χ1n) is 7.49. The normalized spacial score (nSPS) is 10.6. The largest absolute Gasteiger partial charge is 0.497 e. The van der Waals surface area contributed by atoms with Crippen molar-refractivity contribution in [3.05, 3.63) is 65.7 Å². The number of halogens is 1. The first kappa shape index (κ1) is 17.1. The van der Waals surface area contributed by atoms with E-state index in [0.717, 1.165) is 5.56 Å². The average molecular weight is 360 g/mol. The van der Waals surface area contributed by atoms with Crippen LogP contribution < -0.4 is 15.3 Å². The molecule has 0 saturated carbocycles. The van der Waals surface area contributed by atoms with Gasteiger partial charge in [-0.05, 0) is 29.8 Å². The van der Waals surface area contributed by atoms with E-state index in [1.165, 1.54) is 28.6 Å². The van der Waals surface area contributed by atoms with Crippen LogP contribution >= 0.6 is 11.8 Å². The fourth-order valence-electron chi connectivity index (χ4n) is 2.12. The van der Waals surface area contributed by atoms with Crippen molar-refractivity contribution >= 4 is 11.8 Å². The Morgan fingerprint density at radius 2 is 1.92 bits per heavy atom. The molecule has 3 rings (SSSR count). The second-order valence-electron chi connectivity index (χ2n) is 5.16. The summed E-state index contributed by atoms with van der Waals surface area (Å²) in [7, 11) is 1.59. The van der Waals surface area contributed by atoms with E-state index in [1.54, 1.807) is 19.2 Å². The molecule has 1 aromatic heterocycles. The molecule has 0 atom stereocenters. The number of ether oxygens (including phenoxy) is 2. The summed E-state index contributed by atoms with van der Waals surface area (Å²) in [5.41, 5.74) is 0.849. The minimum atomic E-state index is -0.264. The summed E-state index contributed by atoms with van der Waals surface area (Å²) in [5.74, 6) is 8.14. The van der Waals surface area contributed by atoms with Crippen LogP contribution in [-0.2, 0) is 12.4 Å². The molecule has 2 N–H and O–H groups in total. The fraction of sp³-hybridized carbons (Fsp3) is 0.176. The predicted octanol–water partition coefficient (Wildman–Crippen LogP) is 3.01. The van der Waals surface area contributed by atoms with Crippen LogP contribution in [0.4, 0.5) is 4.39 Å². The van der Waals surface area contributed by atoms with Crippen molar-refractivity contribution in [2.24, 2.45) is 0 Å². The number of methoxy groups -OCH3 is 1. The topological polar surface area (TPSA) is 75.2 Å². The highest BCUT2D eigenvalue weighted by atomic mass is 32.2. The van der Waals surface area contributed by atoms with Gasteiger partial charge in [-0.3, -0.25) is 0 Å². The summed E-state index contributed by atoms with van der Waals surface area (Å²) in [6, 6.07) is 13.7. The first-order valence-corrected chi connectivity index (χ1v) is 8.48. The Labute approximate surface area is 148 Å². The first-order chi connectivity index (χ1) is 12.2. The van der Waals surface area contributed by atoms with Gasteiger partial charge in [-0.1, -0.05) is 30.0 Å². The maximum absolute atomic E-state index is 13.2. The smallest absolute Gasteiger partial charge is 0.210 e. The van der Waals surface area contributed by atoms with Gasteiger partial charge in [0.05, 0.1) is 7.11 Å². The number of hydrogen-bond acceptors (Lipinski definition) is 6. The molecule has 0 aliphatic rings. The van der Waals surface area contributed by atoms with Gasteiger partial charge < -0.3 is 15.3 Å². The average Bonchev–Trinajstić information content (AvgIpc) is 2.98. The molecule has 3 aromatic rings. The molecule has 0 aliphatic heterocycles. The summed E-state index contributed by atoms with van der Waals surface area (Å²) < 4.78 is 25.4. The molecule has 0 saturated heterocycles. The summed E-state index contributed by atoms with van der Waals surface area (Å²) in [5, 5.41) is 8.63. The maximum Gasteiger partial charge on any atom is 0.210 e. The zero-order valence-corrected chi connectivity index (χ0v) is 14.4. The van der Waals surface area contributed by atoms with Gasteiger partial charge in [-0.15, -0.1) is 10.2 Å². The Morgan fingerprint density at radius 3 is 2.72 bits per heavy atom. The molecule has 8 heteroatoms. The van der Waals surface area contributed by atoms with E-state index in [-0.39, 0.29) is 12.4 Å². The minimum Gasteiger partial charge on any atom is -0.497 e. The van der Waals surface area contributed by atoms with Crippen molar-refractivity contribution in [1.29, 1.82) is 0 Å². The van der Waals surface area contributed by atoms with Gasteiger partial charge in [0.1, 0.15) is 23.9 Å². The molecule has 2 aromatic carbocycles. The van der Waals surface area contributed by atoms with E-state index in [4.69, 9.17) is 15.3 Å². The number of nitrogens with zero attached hydrogens (tertiary/aromatic N) is 3. The standard InChI is InChI=1S/C17H17FN4O2S/c1-23-14-6-3-7-15(9-14)24-10-16-20-21-17(22(16)19)25-11-12-4-2-5-13(18)8-12/h2-9H,10-11,19H2,1H3. The van der Waals surface area contributed by atoms with Gasteiger partial charge in [0.15, 0.2) is 5.82 Å². The number of hydrogen-bond donors (Lipinski definition) is 1. The Kier molecular flexibility index (Phi) is 5.39. The highest BCUT2D eigenvalue weighted by molar-refractivity contribution is 7.98. The van der Waals surface area contributed by atoms with E-state index in [9.17, 15) is 4.39 Å². The van der Waals surface area contributed by atoms with Crippen LogP contribution in [0.2, 0.25) is 0 Å². The Balaban J connectivity index is 1.60. The van der Waals surface area contributed by atoms with Gasteiger partial charge in [0.25, 0.3) is 0 Å². The van der Waals surface area contributed by atoms with Crippen molar-refractivity contribution in [1.82, 2.24) is 14.9 Å². The number of nitrogens with two attached hydrogens (primary N) is 1. The molecule has 0 bridgehead atoms. The molecule has 0 aliphatic carbocycles. The molecule has 6 nitrogen and oxygen atoms in total. The van der Waals surface area contributed by atoms with E-state index in [1.807, 2.05) is 24.3 Å². The van der Waals surface area contributed by atoms with Gasteiger partial charge in [0.2, 0.25) is 5.16 Å². The van der Waals surface area contributed by atoms with Crippen molar-refractivity contribution in [3.8, 4) is 11.5 Å². The molecule has 1 heterocycles. The minimum absolute atomic E-state index is 0.178. The summed E-state index contributed by atoms with van der Waals surface area (Å²) in [6.45, 7) is 0.178. The van der Waals surface area contributed by atoms with Crippen LogP contribution in [0.3, 0.4) is 0 Å². The lowest BCUT2D eigenvalue weighted by molar-refractivity contribution is 0.289. The van der Waals surface area contributed by atoms with Crippen LogP contribution in [0, 0.1) is 5.82 Å². The van der Waals surface area contributed by atoms with Crippen LogP contribution in [0.1, 0.15) is 11.4 Å².